The van der Waals surface area contributed by atoms with E-state index in [-0.39, 0.29) is 0 Å². The normalized spacial score (nSPS) is 13.7. The minimum Gasteiger partial charge on any atom is -0.353 e. The summed E-state index contributed by atoms with van der Waals surface area (Å²) in [6, 6.07) is 14.4. The van der Waals surface area contributed by atoms with E-state index < -0.39 is 0 Å². The smallest absolute Gasteiger partial charge is 0.0874 e. The SMILES string of the molecule is C=C/C(=C\C=NC)C1=Nc2cc(C)ccc2Nc2ccccc21. The third-order valence-corrected chi connectivity index (χ3v) is 3.73. The van der Waals surface area contributed by atoms with Gasteiger partial charge in [-0.15, -0.1) is 0 Å². The van der Waals surface area contributed by atoms with E-state index in [4.69, 9.17) is 4.99 Å². The number of nitrogens with zero attached hydrogens (tertiary/aromatic N) is 2. The molecular formula is C20H19N3. The van der Waals surface area contributed by atoms with Crippen LogP contribution in [0.2, 0.25) is 0 Å². The van der Waals surface area contributed by atoms with Crippen LogP contribution in [-0.2, 0) is 0 Å². The first-order valence-electron chi connectivity index (χ1n) is 7.54. The predicted octanol–water partition coefficient (Wildman–Crippen LogP) is 4.99. The Kier molecular flexibility index (Phi) is 4.20. The van der Waals surface area contributed by atoms with Crippen LogP contribution in [0.25, 0.3) is 0 Å². The summed E-state index contributed by atoms with van der Waals surface area (Å²) in [6.45, 7) is 6.01. The van der Waals surface area contributed by atoms with Crippen molar-refractivity contribution in [3.63, 3.8) is 0 Å². The monoisotopic (exact) mass is 301 g/mol. The Labute approximate surface area is 136 Å². The molecule has 1 heterocycles. The zero-order valence-corrected chi connectivity index (χ0v) is 13.4. The van der Waals surface area contributed by atoms with Gasteiger partial charge < -0.3 is 5.32 Å². The van der Waals surface area contributed by atoms with Gasteiger partial charge in [-0.05, 0) is 36.8 Å². The molecule has 3 heteroatoms. The molecule has 2 aromatic carbocycles. The highest BCUT2D eigenvalue weighted by Crippen LogP contribution is 2.36. The lowest BCUT2D eigenvalue weighted by atomic mass is 10.0. The summed E-state index contributed by atoms with van der Waals surface area (Å²) < 4.78 is 0. The van der Waals surface area contributed by atoms with Crippen LogP contribution in [0.15, 0.2) is 76.8 Å². The van der Waals surface area contributed by atoms with Crippen LogP contribution in [0.4, 0.5) is 17.1 Å². The Bertz CT molecular complexity index is 842. The number of hydrogen-bond donors (Lipinski definition) is 1. The topological polar surface area (TPSA) is 36.8 Å². The van der Waals surface area contributed by atoms with Gasteiger partial charge in [0.25, 0.3) is 0 Å². The van der Waals surface area contributed by atoms with E-state index in [0.29, 0.717) is 0 Å². The van der Waals surface area contributed by atoms with Gasteiger partial charge in [0.15, 0.2) is 0 Å². The number of anilines is 2. The van der Waals surface area contributed by atoms with Crippen LogP contribution in [0, 0.1) is 6.92 Å². The molecule has 0 saturated carbocycles. The van der Waals surface area contributed by atoms with Gasteiger partial charge in [-0.3, -0.25) is 4.99 Å². The zero-order valence-electron chi connectivity index (χ0n) is 13.4. The maximum Gasteiger partial charge on any atom is 0.0874 e. The van der Waals surface area contributed by atoms with Crippen molar-refractivity contribution in [2.75, 3.05) is 12.4 Å². The van der Waals surface area contributed by atoms with E-state index in [9.17, 15) is 0 Å². The molecule has 1 aliphatic heterocycles. The van der Waals surface area contributed by atoms with Crippen LogP contribution < -0.4 is 5.32 Å². The van der Waals surface area contributed by atoms with E-state index in [1.807, 2.05) is 24.3 Å². The van der Waals surface area contributed by atoms with Crippen molar-refractivity contribution >= 4 is 29.0 Å². The van der Waals surface area contributed by atoms with Crippen LogP contribution in [0.5, 0.6) is 0 Å². The van der Waals surface area contributed by atoms with Crippen LogP contribution >= 0.6 is 0 Å². The molecule has 3 nitrogen and oxygen atoms in total. The summed E-state index contributed by atoms with van der Waals surface area (Å²) in [4.78, 5) is 8.95. The Morgan fingerprint density at radius 2 is 2.00 bits per heavy atom. The quantitative estimate of drug-likeness (QED) is 0.629. The fourth-order valence-corrected chi connectivity index (χ4v) is 2.58. The lowest BCUT2D eigenvalue weighted by molar-refractivity contribution is 1.42. The van der Waals surface area contributed by atoms with E-state index in [1.165, 1.54) is 5.56 Å². The lowest BCUT2D eigenvalue weighted by Gasteiger charge is -2.10. The molecule has 0 unspecified atom stereocenters. The number of aryl methyl sites for hydroxylation is 1. The predicted molar refractivity (Wildman–Crippen MR) is 99.8 cm³/mol. The maximum atomic E-state index is 4.92. The fourth-order valence-electron chi connectivity index (χ4n) is 2.58. The minimum atomic E-state index is 0.896. The molecule has 2 aromatic rings. The molecule has 1 aliphatic rings. The molecule has 23 heavy (non-hydrogen) atoms. The molecule has 0 spiro atoms. The number of aliphatic imine (C=N–C) groups is 2. The Morgan fingerprint density at radius 3 is 2.78 bits per heavy atom. The number of para-hydroxylation sites is 1. The Balaban J connectivity index is 2.27. The maximum absolute atomic E-state index is 4.92. The van der Waals surface area contributed by atoms with Gasteiger partial charge in [0.05, 0.1) is 17.1 Å². The largest absolute Gasteiger partial charge is 0.353 e. The highest BCUT2D eigenvalue weighted by Gasteiger charge is 2.17. The first kappa shape index (κ1) is 15.0. The molecule has 0 fully saturated rings. The zero-order chi connectivity index (χ0) is 16.2. The summed E-state index contributed by atoms with van der Waals surface area (Å²) in [5, 5.41) is 3.49. The van der Waals surface area contributed by atoms with Gasteiger partial charge in [0.2, 0.25) is 0 Å². The number of rotatable bonds is 3. The minimum absolute atomic E-state index is 0.896. The Morgan fingerprint density at radius 1 is 1.17 bits per heavy atom. The van der Waals surface area contributed by atoms with Gasteiger partial charge in [-0.25, -0.2) is 4.99 Å². The summed E-state index contributed by atoms with van der Waals surface area (Å²) in [5.41, 5.74) is 7.04. The number of allylic oxidation sites excluding steroid dienone is 3. The first-order valence-corrected chi connectivity index (χ1v) is 7.54. The van der Waals surface area contributed by atoms with Crippen molar-refractivity contribution in [1.29, 1.82) is 0 Å². The third-order valence-electron chi connectivity index (χ3n) is 3.73. The second-order valence-electron chi connectivity index (χ2n) is 5.39. The standard InChI is InChI=1S/C20H19N3/c1-4-15(11-12-21-3)20-16-7-5-6-8-17(16)22-18-10-9-14(2)13-19(18)23-20/h4-13,22H,1H2,2-3H3/b15-11+,21-12?. The van der Waals surface area contributed by atoms with Crippen molar-refractivity contribution in [3.05, 3.63) is 77.9 Å². The molecule has 0 radical (unpaired) electrons. The molecule has 0 saturated heterocycles. The summed E-state index contributed by atoms with van der Waals surface area (Å²) in [5.74, 6) is 0. The molecule has 0 aromatic heterocycles. The Hall–Kier alpha value is -2.94. The number of benzene rings is 2. The average Bonchev–Trinajstić information content (AvgIpc) is 2.72. The van der Waals surface area contributed by atoms with Crippen LogP contribution in [0.3, 0.4) is 0 Å². The van der Waals surface area contributed by atoms with E-state index in [2.05, 4.69) is 54.1 Å². The number of hydrogen-bond acceptors (Lipinski definition) is 3. The van der Waals surface area contributed by atoms with E-state index >= 15 is 0 Å². The highest BCUT2D eigenvalue weighted by molar-refractivity contribution is 6.20. The molecular weight excluding hydrogens is 282 g/mol. The summed E-state index contributed by atoms with van der Waals surface area (Å²) >= 11 is 0. The van der Waals surface area contributed by atoms with Crippen molar-refractivity contribution in [1.82, 2.24) is 0 Å². The summed E-state index contributed by atoms with van der Waals surface area (Å²) in [7, 11) is 1.75. The van der Waals surface area contributed by atoms with Gasteiger partial charge >= 0.3 is 0 Å². The molecule has 0 aliphatic carbocycles. The van der Waals surface area contributed by atoms with Crippen molar-refractivity contribution < 1.29 is 0 Å². The van der Waals surface area contributed by atoms with Crippen molar-refractivity contribution in [2.24, 2.45) is 9.98 Å². The second-order valence-corrected chi connectivity index (χ2v) is 5.39. The second kappa shape index (κ2) is 6.44. The lowest BCUT2D eigenvalue weighted by Crippen LogP contribution is -2.05. The van der Waals surface area contributed by atoms with Crippen molar-refractivity contribution in [2.45, 2.75) is 6.92 Å². The van der Waals surface area contributed by atoms with Crippen LogP contribution in [-0.4, -0.2) is 19.0 Å². The van der Waals surface area contributed by atoms with Gasteiger partial charge in [0, 0.05) is 30.1 Å². The molecule has 0 atom stereocenters. The molecule has 0 amide bonds. The van der Waals surface area contributed by atoms with Crippen molar-refractivity contribution in [3.8, 4) is 0 Å². The molecule has 0 bridgehead atoms. The van der Waals surface area contributed by atoms with E-state index in [0.717, 1.165) is 33.9 Å². The van der Waals surface area contributed by atoms with Gasteiger partial charge in [-0.1, -0.05) is 36.9 Å². The fraction of sp³-hybridized carbons (Fsp3) is 0.100. The molecule has 114 valence electrons. The van der Waals surface area contributed by atoms with Crippen LogP contribution in [0.1, 0.15) is 11.1 Å². The number of nitrogens with one attached hydrogen (secondary N) is 1. The molecule has 1 N–H and O–H groups in total. The number of fused-ring (bicyclic) bond motifs is 2. The third kappa shape index (κ3) is 2.99. The average molecular weight is 301 g/mol. The van der Waals surface area contributed by atoms with Gasteiger partial charge in [-0.2, -0.15) is 0 Å². The van der Waals surface area contributed by atoms with Gasteiger partial charge in [0.1, 0.15) is 0 Å². The van der Waals surface area contributed by atoms with E-state index in [1.54, 1.807) is 13.3 Å². The summed E-state index contributed by atoms with van der Waals surface area (Å²) in [6.07, 6.45) is 5.51. The molecule has 3 rings (SSSR count). The highest BCUT2D eigenvalue weighted by atomic mass is 14.9. The first-order chi connectivity index (χ1) is 11.2.